The average molecular weight is 401 g/mol. The van der Waals surface area contributed by atoms with E-state index in [1.165, 1.54) is 37.7 Å². The first kappa shape index (κ1) is 21.6. The molecule has 0 aromatic carbocycles. The molecular weight excluding hydrogens is 356 g/mol. The van der Waals surface area contributed by atoms with Crippen LogP contribution in [0.15, 0.2) is 11.6 Å². The summed E-state index contributed by atoms with van der Waals surface area (Å²) in [7, 11) is 0. The Labute approximate surface area is 178 Å². The van der Waals surface area contributed by atoms with E-state index in [1.54, 1.807) is 0 Å². The lowest BCUT2D eigenvalue weighted by Crippen LogP contribution is -2.51. The van der Waals surface area contributed by atoms with E-state index < -0.39 is 0 Å². The fraction of sp³-hybridized carbons (Fsp3) is 0.889. The van der Waals surface area contributed by atoms with Gasteiger partial charge >= 0.3 is 0 Å². The molecule has 4 aliphatic carbocycles. The number of hydrogen-bond donors (Lipinski definition) is 1. The Balaban J connectivity index is 1.50. The molecule has 8 atom stereocenters. The number of hydrogen-bond acceptors (Lipinski definition) is 2. The molecule has 1 unspecified atom stereocenters. The smallest absolute Gasteiger partial charge is 0.155 e. The number of allylic oxidation sites excluding steroid dienone is 1. The first-order chi connectivity index (χ1) is 13.6. The zero-order valence-corrected chi connectivity index (χ0v) is 19.5. The predicted molar refractivity (Wildman–Crippen MR) is 119 cm³/mol. The number of aliphatic hydroxyl groups excluding tert-OH is 1. The van der Waals surface area contributed by atoms with Crippen LogP contribution in [0.4, 0.5) is 0 Å². The number of fused-ring (bicyclic) bond motifs is 5. The van der Waals surface area contributed by atoms with Gasteiger partial charge < -0.3 is 5.11 Å². The molecule has 3 fully saturated rings. The molecule has 3 saturated carbocycles. The summed E-state index contributed by atoms with van der Waals surface area (Å²) in [5.41, 5.74) is 2.23. The average Bonchev–Trinajstić information content (AvgIpc) is 2.99. The molecule has 4 aliphatic rings. The molecule has 0 aliphatic heterocycles. The van der Waals surface area contributed by atoms with Gasteiger partial charge in [0.05, 0.1) is 6.10 Å². The van der Waals surface area contributed by atoms with Crippen LogP contribution in [0.2, 0.25) is 0 Å². The van der Waals surface area contributed by atoms with Crippen molar-refractivity contribution in [2.24, 2.45) is 46.3 Å². The molecule has 29 heavy (non-hydrogen) atoms. The monoisotopic (exact) mass is 400 g/mol. The van der Waals surface area contributed by atoms with E-state index in [0.717, 1.165) is 55.8 Å². The van der Waals surface area contributed by atoms with E-state index >= 15 is 0 Å². The van der Waals surface area contributed by atoms with Gasteiger partial charge in [0.25, 0.3) is 0 Å². The summed E-state index contributed by atoms with van der Waals surface area (Å²) >= 11 is 0. The van der Waals surface area contributed by atoms with E-state index in [4.69, 9.17) is 0 Å². The minimum Gasteiger partial charge on any atom is -0.393 e. The van der Waals surface area contributed by atoms with Crippen molar-refractivity contribution in [2.45, 2.75) is 105 Å². The SMILES string of the molecule is CC(C)CC(O)C[C@@H](C)[C@H]1CC[C@H]2[C@@H]3CCC4=CC(=O)CC[C@]4(C)[C@H]3CC[C@]12C. The van der Waals surface area contributed by atoms with Crippen molar-refractivity contribution in [1.29, 1.82) is 0 Å². The molecule has 0 heterocycles. The normalized spacial score (nSPS) is 44.0. The van der Waals surface area contributed by atoms with Gasteiger partial charge in [-0.25, -0.2) is 0 Å². The quantitative estimate of drug-likeness (QED) is 0.567. The van der Waals surface area contributed by atoms with Crippen LogP contribution in [-0.2, 0) is 4.79 Å². The Hall–Kier alpha value is -0.630. The van der Waals surface area contributed by atoms with Gasteiger partial charge in [0.15, 0.2) is 5.78 Å². The predicted octanol–water partition coefficient (Wildman–Crippen LogP) is 6.57. The molecule has 2 nitrogen and oxygen atoms in total. The van der Waals surface area contributed by atoms with Gasteiger partial charge in [-0.3, -0.25) is 4.79 Å². The second kappa shape index (κ2) is 7.81. The van der Waals surface area contributed by atoms with Crippen LogP contribution >= 0.6 is 0 Å². The molecule has 0 spiro atoms. The van der Waals surface area contributed by atoms with Gasteiger partial charge in [0.2, 0.25) is 0 Å². The molecule has 0 amide bonds. The molecule has 0 aromatic heterocycles. The van der Waals surface area contributed by atoms with Crippen LogP contribution in [0.1, 0.15) is 98.8 Å². The zero-order valence-electron chi connectivity index (χ0n) is 19.5. The molecule has 0 aromatic rings. The maximum absolute atomic E-state index is 12.0. The molecule has 0 radical (unpaired) electrons. The highest BCUT2D eigenvalue weighted by Crippen LogP contribution is 2.67. The Kier molecular flexibility index (Phi) is 5.82. The number of carbonyl (C=O) groups is 1. The topological polar surface area (TPSA) is 37.3 Å². The van der Waals surface area contributed by atoms with E-state index in [9.17, 15) is 9.90 Å². The van der Waals surface area contributed by atoms with Crippen LogP contribution < -0.4 is 0 Å². The third-order valence-electron chi connectivity index (χ3n) is 10.1. The summed E-state index contributed by atoms with van der Waals surface area (Å²) in [5, 5.41) is 10.6. The Bertz CT molecular complexity index is 663. The molecule has 0 bridgehead atoms. The standard InChI is InChI=1S/C27H44O2/c1-17(2)14-21(29)15-18(3)23-8-9-24-22-7-6-19-16-20(28)10-12-26(19,4)25(22)11-13-27(23,24)5/h16-18,21-25,29H,6-15H2,1-5H3/t18-,21?,22+,23-,24+,25+,26+,27-/m1/s1. The lowest BCUT2D eigenvalue weighted by molar-refractivity contribution is -0.117. The number of rotatable bonds is 5. The lowest BCUT2D eigenvalue weighted by atomic mass is 9.46. The largest absolute Gasteiger partial charge is 0.393 e. The minimum absolute atomic E-state index is 0.134. The van der Waals surface area contributed by atoms with Crippen LogP contribution in [0.5, 0.6) is 0 Å². The molecule has 0 saturated heterocycles. The van der Waals surface area contributed by atoms with Gasteiger partial charge in [-0.05, 0) is 110 Å². The second-order valence-electron chi connectivity index (χ2n) is 12.2. The van der Waals surface area contributed by atoms with Gasteiger partial charge in [0.1, 0.15) is 0 Å². The summed E-state index contributed by atoms with van der Waals surface area (Å²) in [6.45, 7) is 11.9. The zero-order chi connectivity index (χ0) is 21.0. The van der Waals surface area contributed by atoms with Crippen molar-refractivity contribution in [3.05, 3.63) is 11.6 Å². The lowest BCUT2D eigenvalue weighted by Gasteiger charge is -2.58. The number of carbonyl (C=O) groups excluding carboxylic acids is 1. The van der Waals surface area contributed by atoms with Crippen LogP contribution in [0.25, 0.3) is 0 Å². The number of ketones is 1. The minimum atomic E-state index is -0.134. The van der Waals surface area contributed by atoms with Crippen LogP contribution in [0.3, 0.4) is 0 Å². The van der Waals surface area contributed by atoms with E-state index in [2.05, 4.69) is 34.6 Å². The Morgan fingerprint density at radius 3 is 2.48 bits per heavy atom. The van der Waals surface area contributed by atoms with Crippen molar-refractivity contribution >= 4 is 5.78 Å². The molecule has 4 rings (SSSR count). The first-order valence-electron chi connectivity index (χ1n) is 12.6. The molecule has 2 heteroatoms. The van der Waals surface area contributed by atoms with Crippen molar-refractivity contribution in [1.82, 2.24) is 0 Å². The van der Waals surface area contributed by atoms with Gasteiger partial charge in [-0.2, -0.15) is 0 Å². The third kappa shape index (κ3) is 3.66. The van der Waals surface area contributed by atoms with E-state index in [1.807, 2.05) is 6.08 Å². The second-order valence-corrected chi connectivity index (χ2v) is 12.2. The highest BCUT2D eigenvalue weighted by atomic mass is 16.3. The third-order valence-corrected chi connectivity index (χ3v) is 10.1. The van der Waals surface area contributed by atoms with E-state index in [0.29, 0.717) is 23.0 Å². The maximum atomic E-state index is 12.0. The summed E-state index contributed by atoms with van der Waals surface area (Å²) in [4.78, 5) is 12.0. The Morgan fingerprint density at radius 2 is 1.76 bits per heavy atom. The summed E-state index contributed by atoms with van der Waals surface area (Å²) < 4.78 is 0. The van der Waals surface area contributed by atoms with Gasteiger partial charge in [-0.15, -0.1) is 0 Å². The maximum Gasteiger partial charge on any atom is 0.155 e. The van der Waals surface area contributed by atoms with Crippen LogP contribution in [0, 0.1) is 46.3 Å². The van der Waals surface area contributed by atoms with Crippen LogP contribution in [-0.4, -0.2) is 17.0 Å². The van der Waals surface area contributed by atoms with E-state index in [-0.39, 0.29) is 11.5 Å². The van der Waals surface area contributed by atoms with Crippen molar-refractivity contribution in [3.63, 3.8) is 0 Å². The van der Waals surface area contributed by atoms with Crippen molar-refractivity contribution < 1.29 is 9.90 Å². The fourth-order valence-corrected chi connectivity index (χ4v) is 8.77. The molecule has 1 N–H and O–H groups in total. The highest BCUT2D eigenvalue weighted by molar-refractivity contribution is 5.91. The van der Waals surface area contributed by atoms with Crippen molar-refractivity contribution in [3.8, 4) is 0 Å². The summed E-state index contributed by atoms with van der Waals surface area (Å²) in [6.07, 6.45) is 13.6. The summed E-state index contributed by atoms with van der Waals surface area (Å²) in [6, 6.07) is 0. The van der Waals surface area contributed by atoms with Gasteiger partial charge in [0, 0.05) is 6.42 Å². The fourth-order valence-electron chi connectivity index (χ4n) is 8.77. The Morgan fingerprint density at radius 1 is 1.00 bits per heavy atom. The molecular formula is C27H44O2. The van der Waals surface area contributed by atoms with Crippen molar-refractivity contribution in [2.75, 3.05) is 0 Å². The summed E-state index contributed by atoms with van der Waals surface area (Å²) in [5.74, 6) is 4.83. The first-order valence-corrected chi connectivity index (χ1v) is 12.6. The molecule has 164 valence electrons. The highest BCUT2D eigenvalue weighted by Gasteiger charge is 2.59. The number of aliphatic hydroxyl groups is 1. The van der Waals surface area contributed by atoms with Gasteiger partial charge in [-0.1, -0.05) is 40.2 Å².